The summed E-state index contributed by atoms with van der Waals surface area (Å²) in [7, 11) is 1.78. The van der Waals surface area contributed by atoms with E-state index in [4.69, 9.17) is 16.3 Å². The van der Waals surface area contributed by atoms with E-state index >= 15 is 0 Å². The van der Waals surface area contributed by atoms with Crippen LogP contribution in [0.3, 0.4) is 0 Å². The van der Waals surface area contributed by atoms with E-state index in [1.54, 1.807) is 19.4 Å². The molecule has 4 nitrogen and oxygen atoms in total. The number of hydrogen-bond donors (Lipinski definition) is 1. The van der Waals surface area contributed by atoms with E-state index in [1.165, 1.54) is 0 Å². The van der Waals surface area contributed by atoms with Crippen LogP contribution in [-0.4, -0.2) is 17.0 Å². The van der Waals surface area contributed by atoms with Crippen LogP contribution < -0.4 is 10.1 Å². The molecule has 5 heteroatoms. The van der Waals surface area contributed by atoms with E-state index in [1.807, 2.05) is 26.0 Å². The molecule has 2 aromatic rings. The Kier molecular flexibility index (Phi) is 3.67. The minimum absolute atomic E-state index is 0.454. The van der Waals surface area contributed by atoms with Crippen molar-refractivity contribution in [2.75, 3.05) is 12.4 Å². The zero-order chi connectivity index (χ0) is 13.1. The van der Waals surface area contributed by atoms with Crippen LogP contribution in [-0.2, 0) is 0 Å². The van der Waals surface area contributed by atoms with Gasteiger partial charge < -0.3 is 10.1 Å². The third-order valence-electron chi connectivity index (χ3n) is 2.50. The van der Waals surface area contributed by atoms with Crippen molar-refractivity contribution in [2.24, 2.45) is 0 Å². The predicted octanol–water partition coefficient (Wildman–Crippen LogP) is 3.58. The lowest BCUT2D eigenvalue weighted by Crippen LogP contribution is -1.97. The van der Waals surface area contributed by atoms with Crippen LogP contribution in [0.2, 0.25) is 5.02 Å². The molecule has 0 atom stereocenters. The van der Waals surface area contributed by atoms with Crippen molar-refractivity contribution in [3.8, 4) is 11.6 Å². The van der Waals surface area contributed by atoms with Crippen molar-refractivity contribution in [1.82, 2.24) is 9.97 Å². The van der Waals surface area contributed by atoms with E-state index in [0.717, 1.165) is 16.9 Å². The van der Waals surface area contributed by atoms with Crippen LogP contribution in [0.15, 0.2) is 24.5 Å². The largest absolute Gasteiger partial charge is 0.437 e. The SMILES string of the molecule is CNc1cncc(Oc2c(C)cc(Cl)cc2C)n1. The Labute approximate surface area is 111 Å². The molecule has 0 radical (unpaired) electrons. The van der Waals surface area contributed by atoms with Gasteiger partial charge in [0.1, 0.15) is 11.6 Å². The molecule has 0 spiro atoms. The number of ether oxygens (including phenoxy) is 1. The van der Waals surface area contributed by atoms with Gasteiger partial charge in [-0.2, -0.15) is 4.98 Å². The zero-order valence-electron chi connectivity index (χ0n) is 10.5. The maximum atomic E-state index is 5.98. The molecule has 1 heterocycles. The Morgan fingerprint density at radius 2 is 1.83 bits per heavy atom. The first kappa shape index (κ1) is 12.6. The Morgan fingerprint density at radius 1 is 1.17 bits per heavy atom. The lowest BCUT2D eigenvalue weighted by atomic mass is 10.1. The average Bonchev–Trinajstić information content (AvgIpc) is 2.34. The van der Waals surface area contributed by atoms with E-state index in [9.17, 15) is 0 Å². The fourth-order valence-electron chi connectivity index (χ4n) is 1.68. The molecule has 1 N–H and O–H groups in total. The second-order valence-electron chi connectivity index (χ2n) is 3.96. The molecule has 1 aromatic carbocycles. The van der Waals surface area contributed by atoms with Gasteiger partial charge in [-0.25, -0.2) is 0 Å². The number of aromatic nitrogens is 2. The van der Waals surface area contributed by atoms with E-state index < -0.39 is 0 Å². The number of rotatable bonds is 3. The number of nitrogens with zero attached hydrogens (tertiary/aromatic N) is 2. The number of anilines is 1. The molecule has 0 aliphatic heterocycles. The molecule has 0 saturated carbocycles. The lowest BCUT2D eigenvalue weighted by Gasteiger charge is -2.11. The van der Waals surface area contributed by atoms with Crippen molar-refractivity contribution >= 4 is 17.4 Å². The molecule has 0 unspecified atom stereocenters. The number of nitrogens with one attached hydrogen (secondary N) is 1. The summed E-state index contributed by atoms with van der Waals surface area (Å²) in [6.45, 7) is 3.90. The van der Waals surface area contributed by atoms with Crippen LogP contribution in [0, 0.1) is 13.8 Å². The van der Waals surface area contributed by atoms with Gasteiger partial charge in [0.2, 0.25) is 5.88 Å². The highest BCUT2D eigenvalue weighted by molar-refractivity contribution is 6.30. The van der Waals surface area contributed by atoms with Gasteiger partial charge in [0.15, 0.2) is 0 Å². The maximum absolute atomic E-state index is 5.98. The number of aryl methyl sites for hydroxylation is 2. The summed E-state index contributed by atoms with van der Waals surface area (Å²) in [5.74, 6) is 1.88. The Hall–Kier alpha value is -1.81. The van der Waals surface area contributed by atoms with E-state index in [-0.39, 0.29) is 0 Å². The van der Waals surface area contributed by atoms with Gasteiger partial charge in [-0.15, -0.1) is 0 Å². The van der Waals surface area contributed by atoms with E-state index in [0.29, 0.717) is 16.7 Å². The molecule has 0 bridgehead atoms. The second-order valence-corrected chi connectivity index (χ2v) is 4.40. The maximum Gasteiger partial charge on any atom is 0.239 e. The fourth-order valence-corrected chi connectivity index (χ4v) is 2.01. The highest BCUT2D eigenvalue weighted by Gasteiger charge is 2.08. The van der Waals surface area contributed by atoms with Crippen LogP contribution in [0.1, 0.15) is 11.1 Å². The summed E-state index contributed by atoms with van der Waals surface area (Å²) in [5, 5.41) is 3.62. The number of benzene rings is 1. The summed E-state index contributed by atoms with van der Waals surface area (Å²) in [4.78, 5) is 8.31. The molecular weight excluding hydrogens is 250 g/mol. The third kappa shape index (κ3) is 2.71. The van der Waals surface area contributed by atoms with Crippen LogP contribution >= 0.6 is 11.6 Å². The average molecular weight is 264 g/mol. The monoisotopic (exact) mass is 263 g/mol. The smallest absolute Gasteiger partial charge is 0.239 e. The number of hydrogen-bond acceptors (Lipinski definition) is 4. The highest BCUT2D eigenvalue weighted by Crippen LogP contribution is 2.30. The molecule has 0 fully saturated rings. The highest BCUT2D eigenvalue weighted by atomic mass is 35.5. The van der Waals surface area contributed by atoms with Crippen LogP contribution in [0.25, 0.3) is 0 Å². The summed E-state index contributed by atoms with van der Waals surface area (Å²) in [5.41, 5.74) is 1.94. The molecule has 0 aliphatic rings. The third-order valence-corrected chi connectivity index (χ3v) is 2.72. The van der Waals surface area contributed by atoms with E-state index in [2.05, 4.69) is 15.3 Å². The molecular formula is C13H14ClN3O. The van der Waals surface area contributed by atoms with Gasteiger partial charge in [-0.05, 0) is 37.1 Å². The quantitative estimate of drug-likeness (QED) is 0.919. The molecule has 94 valence electrons. The summed E-state index contributed by atoms with van der Waals surface area (Å²) < 4.78 is 5.77. The molecule has 0 aliphatic carbocycles. The van der Waals surface area contributed by atoms with Gasteiger partial charge in [0.25, 0.3) is 0 Å². The lowest BCUT2D eigenvalue weighted by molar-refractivity contribution is 0.454. The fraction of sp³-hybridized carbons (Fsp3) is 0.231. The van der Waals surface area contributed by atoms with Gasteiger partial charge in [0.05, 0.1) is 12.4 Å². The van der Waals surface area contributed by atoms with Gasteiger partial charge >= 0.3 is 0 Å². The molecule has 0 saturated heterocycles. The van der Waals surface area contributed by atoms with Gasteiger partial charge in [0, 0.05) is 12.1 Å². The first-order valence-corrected chi connectivity index (χ1v) is 5.92. The zero-order valence-corrected chi connectivity index (χ0v) is 11.2. The van der Waals surface area contributed by atoms with Crippen molar-refractivity contribution in [2.45, 2.75) is 13.8 Å². The minimum atomic E-state index is 0.454. The summed E-state index contributed by atoms with van der Waals surface area (Å²) in [6.07, 6.45) is 3.21. The molecule has 1 aromatic heterocycles. The minimum Gasteiger partial charge on any atom is -0.437 e. The normalized spacial score (nSPS) is 10.2. The topological polar surface area (TPSA) is 47.0 Å². The van der Waals surface area contributed by atoms with Crippen molar-refractivity contribution in [3.63, 3.8) is 0 Å². The predicted molar refractivity (Wildman–Crippen MR) is 72.6 cm³/mol. The first-order chi connectivity index (χ1) is 8.60. The van der Waals surface area contributed by atoms with Gasteiger partial charge in [-0.3, -0.25) is 4.98 Å². The Balaban J connectivity index is 2.33. The van der Waals surface area contributed by atoms with Crippen LogP contribution in [0.4, 0.5) is 5.82 Å². The number of halogens is 1. The first-order valence-electron chi connectivity index (χ1n) is 5.54. The molecule has 0 amide bonds. The summed E-state index contributed by atoms with van der Waals surface area (Å²) in [6, 6.07) is 3.72. The molecule has 18 heavy (non-hydrogen) atoms. The Bertz CT molecular complexity index is 549. The molecule has 2 rings (SSSR count). The van der Waals surface area contributed by atoms with Crippen molar-refractivity contribution < 1.29 is 4.74 Å². The standard InChI is InChI=1S/C13H14ClN3O/c1-8-4-10(14)5-9(2)13(8)18-12-7-16-6-11(15-3)17-12/h4-7H,1-3H3,(H,15,17). The summed E-state index contributed by atoms with van der Waals surface area (Å²) >= 11 is 5.98. The van der Waals surface area contributed by atoms with Crippen molar-refractivity contribution in [3.05, 3.63) is 40.7 Å². The van der Waals surface area contributed by atoms with Gasteiger partial charge in [-0.1, -0.05) is 11.6 Å². The van der Waals surface area contributed by atoms with Crippen LogP contribution in [0.5, 0.6) is 11.6 Å². The Morgan fingerprint density at radius 3 is 2.44 bits per heavy atom. The second kappa shape index (κ2) is 5.23. The van der Waals surface area contributed by atoms with Crippen molar-refractivity contribution in [1.29, 1.82) is 0 Å².